The average Bonchev–Trinajstić information content (AvgIpc) is 2.43. The molecule has 0 aliphatic heterocycles. The van der Waals surface area contributed by atoms with Gasteiger partial charge in [-0.1, -0.05) is 46.4 Å². The maximum absolute atomic E-state index is 6.03. The Balaban J connectivity index is 1.67. The van der Waals surface area contributed by atoms with Crippen LogP contribution in [0.15, 0.2) is 36.4 Å². The second kappa shape index (κ2) is 8.73. The second-order valence-electron chi connectivity index (χ2n) is 4.72. The normalized spacial score (nSPS) is 10.5. The predicted octanol–water partition coefficient (Wildman–Crippen LogP) is 6.57. The van der Waals surface area contributed by atoms with E-state index in [9.17, 15) is 0 Å². The standard InChI is InChI=1S/C16H15Cl4NO/c17-11-3-4-16(15(20)10-11)22-6-2-1-5-21-14-8-12(18)7-13(19)9-14/h3-4,7-10,21H,1-2,5-6H2. The largest absolute Gasteiger partial charge is 0.492 e. The molecule has 6 heteroatoms. The highest BCUT2D eigenvalue weighted by Crippen LogP contribution is 2.27. The van der Waals surface area contributed by atoms with Gasteiger partial charge in [-0.25, -0.2) is 0 Å². The van der Waals surface area contributed by atoms with Crippen molar-refractivity contribution >= 4 is 52.1 Å². The third-order valence-corrected chi connectivity index (χ3v) is 3.88. The van der Waals surface area contributed by atoms with Crippen LogP contribution in [-0.4, -0.2) is 13.2 Å². The highest BCUT2D eigenvalue weighted by molar-refractivity contribution is 6.35. The Morgan fingerprint density at radius 3 is 2.23 bits per heavy atom. The lowest BCUT2D eigenvalue weighted by Crippen LogP contribution is -2.05. The first-order valence-electron chi connectivity index (χ1n) is 6.82. The molecule has 0 radical (unpaired) electrons. The molecule has 0 atom stereocenters. The Bertz CT molecular complexity index is 613. The van der Waals surface area contributed by atoms with Crippen LogP contribution in [0.5, 0.6) is 5.75 Å². The van der Waals surface area contributed by atoms with Crippen LogP contribution in [0.25, 0.3) is 0 Å². The van der Waals surface area contributed by atoms with Crippen molar-refractivity contribution in [2.24, 2.45) is 0 Å². The van der Waals surface area contributed by atoms with Crippen molar-refractivity contribution in [1.82, 2.24) is 0 Å². The van der Waals surface area contributed by atoms with E-state index in [2.05, 4.69) is 5.32 Å². The SMILES string of the molecule is Clc1cc(Cl)cc(NCCCCOc2ccc(Cl)cc2Cl)c1. The molecule has 0 spiro atoms. The topological polar surface area (TPSA) is 21.3 Å². The lowest BCUT2D eigenvalue weighted by atomic mass is 10.3. The number of halogens is 4. The Morgan fingerprint density at radius 2 is 1.55 bits per heavy atom. The smallest absolute Gasteiger partial charge is 0.137 e. The minimum Gasteiger partial charge on any atom is -0.492 e. The minimum absolute atomic E-state index is 0.527. The second-order valence-corrected chi connectivity index (χ2v) is 6.43. The molecule has 0 amide bonds. The van der Waals surface area contributed by atoms with E-state index in [1.54, 1.807) is 24.3 Å². The summed E-state index contributed by atoms with van der Waals surface area (Å²) in [5.74, 6) is 0.653. The van der Waals surface area contributed by atoms with Crippen LogP contribution < -0.4 is 10.1 Å². The van der Waals surface area contributed by atoms with E-state index < -0.39 is 0 Å². The molecule has 0 aliphatic rings. The number of ether oxygens (including phenoxy) is 1. The van der Waals surface area contributed by atoms with Crippen LogP contribution in [0.1, 0.15) is 12.8 Å². The Morgan fingerprint density at radius 1 is 0.818 bits per heavy atom. The summed E-state index contributed by atoms with van der Waals surface area (Å²) < 4.78 is 5.62. The third-order valence-electron chi connectivity index (χ3n) is 2.91. The Hall–Kier alpha value is -0.800. The van der Waals surface area contributed by atoms with Gasteiger partial charge in [0.05, 0.1) is 11.6 Å². The summed E-state index contributed by atoms with van der Waals surface area (Å²) in [5, 5.41) is 5.64. The molecule has 0 unspecified atom stereocenters. The number of unbranched alkanes of at least 4 members (excludes halogenated alkanes) is 1. The molecule has 2 aromatic rings. The van der Waals surface area contributed by atoms with Crippen LogP contribution in [0.2, 0.25) is 20.1 Å². The van der Waals surface area contributed by atoms with Crippen LogP contribution in [-0.2, 0) is 0 Å². The summed E-state index contributed by atoms with van der Waals surface area (Å²) in [6.45, 7) is 1.41. The summed E-state index contributed by atoms with van der Waals surface area (Å²) >= 11 is 23.7. The third kappa shape index (κ3) is 5.77. The Kier molecular flexibility index (Phi) is 6.97. The molecule has 2 rings (SSSR count). The Labute approximate surface area is 150 Å². The van der Waals surface area contributed by atoms with Gasteiger partial charge >= 0.3 is 0 Å². The molecule has 0 aliphatic carbocycles. The van der Waals surface area contributed by atoms with Gasteiger partial charge < -0.3 is 10.1 Å². The van der Waals surface area contributed by atoms with E-state index in [0.29, 0.717) is 32.4 Å². The zero-order chi connectivity index (χ0) is 15.9. The van der Waals surface area contributed by atoms with Crippen molar-refractivity contribution in [3.63, 3.8) is 0 Å². The molecule has 0 aromatic heterocycles. The zero-order valence-corrected chi connectivity index (χ0v) is 14.7. The van der Waals surface area contributed by atoms with Crippen molar-refractivity contribution in [1.29, 1.82) is 0 Å². The van der Waals surface area contributed by atoms with E-state index in [1.165, 1.54) is 0 Å². The van der Waals surface area contributed by atoms with E-state index >= 15 is 0 Å². The highest BCUT2D eigenvalue weighted by Gasteiger charge is 2.02. The van der Waals surface area contributed by atoms with Gasteiger partial charge in [-0.2, -0.15) is 0 Å². The molecule has 22 heavy (non-hydrogen) atoms. The molecule has 0 saturated carbocycles. The van der Waals surface area contributed by atoms with Gasteiger partial charge in [0, 0.05) is 27.3 Å². The first-order valence-corrected chi connectivity index (χ1v) is 8.33. The number of benzene rings is 2. The molecule has 2 aromatic carbocycles. The van der Waals surface area contributed by atoms with Crippen LogP contribution >= 0.6 is 46.4 Å². The van der Waals surface area contributed by atoms with E-state index in [4.69, 9.17) is 51.1 Å². The quantitative estimate of drug-likeness (QED) is 0.550. The molecule has 0 saturated heterocycles. The van der Waals surface area contributed by atoms with E-state index in [0.717, 1.165) is 25.1 Å². The molecule has 0 fully saturated rings. The molecule has 0 heterocycles. The lowest BCUT2D eigenvalue weighted by molar-refractivity contribution is 0.308. The molecule has 0 bridgehead atoms. The maximum Gasteiger partial charge on any atom is 0.137 e. The summed E-state index contributed by atoms with van der Waals surface area (Å²) in [6.07, 6.45) is 1.86. The van der Waals surface area contributed by atoms with E-state index in [1.807, 2.05) is 12.1 Å². The van der Waals surface area contributed by atoms with Crippen molar-refractivity contribution in [3.8, 4) is 5.75 Å². The first kappa shape index (κ1) is 17.6. The monoisotopic (exact) mass is 377 g/mol. The van der Waals surface area contributed by atoms with Crippen molar-refractivity contribution < 1.29 is 4.74 Å². The molecule has 1 N–H and O–H groups in total. The fraction of sp³-hybridized carbons (Fsp3) is 0.250. The number of hydrogen-bond acceptors (Lipinski definition) is 2. The summed E-state index contributed by atoms with van der Waals surface area (Å²) in [7, 11) is 0. The number of anilines is 1. The van der Waals surface area contributed by atoms with E-state index in [-0.39, 0.29) is 0 Å². The van der Waals surface area contributed by atoms with Gasteiger partial charge in [-0.05, 0) is 49.2 Å². The van der Waals surface area contributed by atoms with Gasteiger partial charge in [0.25, 0.3) is 0 Å². The molecular formula is C16H15Cl4NO. The number of hydrogen-bond donors (Lipinski definition) is 1. The predicted molar refractivity (Wildman–Crippen MR) is 96.1 cm³/mol. The van der Waals surface area contributed by atoms with Crippen LogP contribution in [0.4, 0.5) is 5.69 Å². The van der Waals surface area contributed by atoms with Gasteiger partial charge in [0.15, 0.2) is 0 Å². The van der Waals surface area contributed by atoms with Crippen LogP contribution in [0, 0.1) is 0 Å². The average molecular weight is 379 g/mol. The fourth-order valence-corrected chi connectivity index (χ4v) is 2.88. The van der Waals surface area contributed by atoms with Crippen molar-refractivity contribution in [3.05, 3.63) is 56.5 Å². The summed E-state index contributed by atoms with van der Waals surface area (Å²) in [4.78, 5) is 0. The molecule has 118 valence electrons. The van der Waals surface area contributed by atoms with Gasteiger partial charge in [0.2, 0.25) is 0 Å². The van der Waals surface area contributed by atoms with Gasteiger partial charge in [-0.3, -0.25) is 0 Å². The molecular weight excluding hydrogens is 364 g/mol. The van der Waals surface area contributed by atoms with Gasteiger partial charge in [-0.15, -0.1) is 0 Å². The fourth-order valence-electron chi connectivity index (χ4n) is 1.89. The van der Waals surface area contributed by atoms with Gasteiger partial charge in [0.1, 0.15) is 5.75 Å². The zero-order valence-electron chi connectivity index (χ0n) is 11.7. The number of nitrogens with one attached hydrogen (secondary N) is 1. The van der Waals surface area contributed by atoms with Crippen molar-refractivity contribution in [2.75, 3.05) is 18.5 Å². The maximum atomic E-state index is 6.03. The minimum atomic E-state index is 0.527. The highest BCUT2D eigenvalue weighted by atomic mass is 35.5. The summed E-state index contributed by atoms with van der Waals surface area (Å²) in [5.41, 5.74) is 0.916. The molecule has 2 nitrogen and oxygen atoms in total. The first-order chi connectivity index (χ1) is 10.5. The summed E-state index contributed by atoms with van der Waals surface area (Å²) in [6, 6.07) is 10.6. The van der Waals surface area contributed by atoms with Crippen molar-refractivity contribution in [2.45, 2.75) is 12.8 Å². The van der Waals surface area contributed by atoms with Crippen LogP contribution in [0.3, 0.4) is 0 Å². The number of rotatable bonds is 7. The lowest BCUT2D eigenvalue weighted by Gasteiger charge is -2.09.